The highest BCUT2D eigenvalue weighted by Crippen LogP contribution is 2.20. The van der Waals surface area contributed by atoms with Crippen molar-refractivity contribution in [1.82, 2.24) is 5.32 Å². The van der Waals surface area contributed by atoms with E-state index in [1.54, 1.807) is 0 Å². The second-order valence-electron chi connectivity index (χ2n) is 5.70. The largest absolute Gasteiger partial charge is 0.394 e. The smallest absolute Gasteiger partial charge is 0.0898 e. The van der Waals surface area contributed by atoms with Gasteiger partial charge in [-0.1, -0.05) is 26.2 Å². The summed E-state index contributed by atoms with van der Waals surface area (Å²) >= 11 is 0. The second-order valence-corrected chi connectivity index (χ2v) is 5.70. The molecule has 1 rings (SSSR count). The first-order chi connectivity index (χ1) is 8.59. The number of hydrogen-bond donors (Lipinski definition) is 3. The van der Waals surface area contributed by atoms with Gasteiger partial charge in [0.25, 0.3) is 0 Å². The van der Waals surface area contributed by atoms with Gasteiger partial charge in [0, 0.05) is 12.1 Å². The Morgan fingerprint density at radius 2 is 2.00 bits per heavy atom. The van der Waals surface area contributed by atoms with Crippen LogP contribution in [0.2, 0.25) is 0 Å². The molecular weight excluding hydrogens is 230 g/mol. The Kier molecular flexibility index (Phi) is 7.15. The van der Waals surface area contributed by atoms with Gasteiger partial charge >= 0.3 is 0 Å². The summed E-state index contributed by atoms with van der Waals surface area (Å²) < 4.78 is 5.72. The Labute approximate surface area is 111 Å². The molecule has 0 aliphatic heterocycles. The lowest BCUT2D eigenvalue weighted by Gasteiger charge is -2.29. The van der Waals surface area contributed by atoms with Crippen molar-refractivity contribution >= 4 is 0 Å². The van der Waals surface area contributed by atoms with Crippen molar-refractivity contribution in [2.24, 2.45) is 0 Å². The maximum Gasteiger partial charge on any atom is 0.0898 e. The monoisotopic (exact) mass is 259 g/mol. The molecule has 1 aliphatic rings. The maximum atomic E-state index is 9.87. The lowest BCUT2D eigenvalue weighted by atomic mass is 9.98. The predicted octanol–water partition coefficient (Wildman–Crippen LogP) is 1.45. The number of aliphatic hydroxyl groups is 2. The van der Waals surface area contributed by atoms with Gasteiger partial charge in [-0.25, -0.2) is 0 Å². The van der Waals surface area contributed by atoms with Gasteiger partial charge in [-0.15, -0.1) is 0 Å². The molecule has 1 aliphatic carbocycles. The van der Waals surface area contributed by atoms with Crippen molar-refractivity contribution in [2.45, 2.75) is 70.1 Å². The van der Waals surface area contributed by atoms with E-state index in [0.717, 1.165) is 19.3 Å². The van der Waals surface area contributed by atoms with Crippen molar-refractivity contribution < 1.29 is 14.9 Å². The van der Waals surface area contributed by atoms with Gasteiger partial charge < -0.3 is 20.3 Å². The molecule has 4 nitrogen and oxygen atoms in total. The van der Waals surface area contributed by atoms with E-state index in [1.807, 2.05) is 13.8 Å². The van der Waals surface area contributed by atoms with Gasteiger partial charge in [0.05, 0.1) is 25.4 Å². The molecular formula is C14H29NO3. The van der Waals surface area contributed by atoms with Gasteiger partial charge in [-0.3, -0.25) is 0 Å². The Bertz CT molecular complexity index is 213. The molecule has 0 aromatic carbocycles. The molecule has 0 radical (unpaired) electrons. The quantitative estimate of drug-likeness (QED) is 0.617. The molecule has 0 aromatic rings. The summed E-state index contributed by atoms with van der Waals surface area (Å²) in [5.41, 5.74) is -0.300. The van der Waals surface area contributed by atoms with Crippen molar-refractivity contribution in [1.29, 1.82) is 0 Å². The van der Waals surface area contributed by atoms with Crippen LogP contribution < -0.4 is 5.32 Å². The van der Waals surface area contributed by atoms with Crippen LogP contribution in [0.3, 0.4) is 0 Å². The fourth-order valence-corrected chi connectivity index (χ4v) is 2.19. The van der Waals surface area contributed by atoms with Crippen LogP contribution in [0.1, 0.15) is 52.4 Å². The first kappa shape index (κ1) is 15.9. The number of aliphatic hydroxyl groups excluding tert-OH is 2. The number of ether oxygens (including phenoxy) is 1. The molecule has 2 unspecified atom stereocenters. The van der Waals surface area contributed by atoms with Gasteiger partial charge in [-0.2, -0.15) is 0 Å². The van der Waals surface area contributed by atoms with Crippen molar-refractivity contribution in [3.8, 4) is 0 Å². The number of nitrogens with one attached hydrogen (secondary N) is 1. The fraction of sp³-hybridized carbons (Fsp3) is 1.00. The molecule has 0 heterocycles. The SMILES string of the molecule is CCC(C)(CO)NCC(O)COC1CCCCC1. The highest BCUT2D eigenvalue weighted by molar-refractivity contribution is 4.81. The Hall–Kier alpha value is -0.160. The minimum Gasteiger partial charge on any atom is -0.394 e. The number of rotatable bonds is 8. The van der Waals surface area contributed by atoms with Crippen LogP contribution in [0.25, 0.3) is 0 Å². The van der Waals surface area contributed by atoms with Crippen molar-refractivity contribution in [3.63, 3.8) is 0 Å². The third-order valence-electron chi connectivity index (χ3n) is 3.97. The van der Waals surface area contributed by atoms with Crippen LogP contribution in [0.4, 0.5) is 0 Å². The number of β-amino-alcohol motifs (C(OH)–C–C–N with tert-alkyl or cyclic N) is 1. The van der Waals surface area contributed by atoms with E-state index in [0.29, 0.717) is 19.3 Å². The summed E-state index contributed by atoms with van der Waals surface area (Å²) in [6.45, 7) is 4.93. The highest BCUT2D eigenvalue weighted by Gasteiger charge is 2.22. The van der Waals surface area contributed by atoms with E-state index in [9.17, 15) is 10.2 Å². The van der Waals surface area contributed by atoms with Crippen LogP contribution in [-0.2, 0) is 4.74 Å². The van der Waals surface area contributed by atoms with Crippen LogP contribution in [0.15, 0.2) is 0 Å². The van der Waals surface area contributed by atoms with Crippen LogP contribution in [0, 0.1) is 0 Å². The van der Waals surface area contributed by atoms with Gasteiger partial charge in [0.2, 0.25) is 0 Å². The molecule has 0 amide bonds. The fourth-order valence-electron chi connectivity index (χ4n) is 2.19. The molecule has 0 aromatic heterocycles. The summed E-state index contributed by atoms with van der Waals surface area (Å²) in [5, 5.41) is 22.3. The van der Waals surface area contributed by atoms with Crippen LogP contribution in [0.5, 0.6) is 0 Å². The molecule has 3 N–H and O–H groups in total. The maximum absolute atomic E-state index is 9.87. The van der Waals surface area contributed by atoms with E-state index in [-0.39, 0.29) is 12.1 Å². The van der Waals surface area contributed by atoms with E-state index in [2.05, 4.69) is 5.32 Å². The Morgan fingerprint density at radius 1 is 1.33 bits per heavy atom. The van der Waals surface area contributed by atoms with E-state index >= 15 is 0 Å². The summed E-state index contributed by atoms with van der Waals surface area (Å²) in [6, 6.07) is 0. The molecule has 0 saturated heterocycles. The predicted molar refractivity (Wildman–Crippen MR) is 72.6 cm³/mol. The Morgan fingerprint density at radius 3 is 2.56 bits per heavy atom. The van der Waals surface area contributed by atoms with Gasteiger partial charge in [0.15, 0.2) is 0 Å². The first-order valence-electron chi connectivity index (χ1n) is 7.25. The van der Waals surface area contributed by atoms with Crippen LogP contribution >= 0.6 is 0 Å². The summed E-state index contributed by atoms with van der Waals surface area (Å²) in [4.78, 5) is 0. The highest BCUT2D eigenvalue weighted by atomic mass is 16.5. The first-order valence-corrected chi connectivity index (χ1v) is 7.25. The average Bonchev–Trinajstić information content (AvgIpc) is 2.43. The zero-order valence-electron chi connectivity index (χ0n) is 11.8. The van der Waals surface area contributed by atoms with Gasteiger partial charge in [-0.05, 0) is 26.2 Å². The molecule has 4 heteroatoms. The zero-order chi connectivity index (χ0) is 13.4. The van der Waals surface area contributed by atoms with E-state index in [4.69, 9.17) is 4.74 Å². The van der Waals surface area contributed by atoms with Crippen molar-refractivity contribution in [2.75, 3.05) is 19.8 Å². The lowest BCUT2D eigenvalue weighted by Crippen LogP contribution is -2.49. The molecule has 18 heavy (non-hydrogen) atoms. The summed E-state index contributed by atoms with van der Waals surface area (Å²) in [6.07, 6.45) is 6.74. The lowest BCUT2D eigenvalue weighted by molar-refractivity contribution is -0.0257. The minimum atomic E-state index is -0.496. The Balaban J connectivity index is 2.14. The molecule has 0 bridgehead atoms. The topological polar surface area (TPSA) is 61.7 Å². The third-order valence-corrected chi connectivity index (χ3v) is 3.97. The summed E-state index contributed by atoms with van der Waals surface area (Å²) in [5.74, 6) is 0. The minimum absolute atomic E-state index is 0.0830. The standard InChI is InChI=1S/C14H29NO3/c1-3-14(2,11-16)15-9-12(17)10-18-13-7-5-4-6-8-13/h12-13,15-17H,3-11H2,1-2H3. The molecule has 108 valence electrons. The van der Waals surface area contributed by atoms with E-state index < -0.39 is 6.10 Å². The van der Waals surface area contributed by atoms with E-state index in [1.165, 1.54) is 19.3 Å². The average molecular weight is 259 g/mol. The summed E-state index contributed by atoms with van der Waals surface area (Å²) in [7, 11) is 0. The molecule has 1 fully saturated rings. The van der Waals surface area contributed by atoms with Crippen molar-refractivity contribution in [3.05, 3.63) is 0 Å². The zero-order valence-corrected chi connectivity index (χ0v) is 11.8. The molecule has 0 spiro atoms. The second kappa shape index (κ2) is 8.10. The molecule has 1 saturated carbocycles. The molecule has 2 atom stereocenters. The number of hydrogen-bond acceptors (Lipinski definition) is 4. The van der Waals surface area contributed by atoms with Crippen LogP contribution in [-0.4, -0.2) is 47.7 Å². The van der Waals surface area contributed by atoms with Gasteiger partial charge in [0.1, 0.15) is 0 Å². The third kappa shape index (κ3) is 5.65. The normalized spacial score (nSPS) is 22.7.